The van der Waals surface area contributed by atoms with Crippen LogP contribution in [0.5, 0.6) is 0 Å². The van der Waals surface area contributed by atoms with Crippen LogP contribution in [0.1, 0.15) is 42.9 Å². The average Bonchev–Trinajstić information content (AvgIpc) is 2.60. The van der Waals surface area contributed by atoms with Crippen molar-refractivity contribution >= 4 is 21.6 Å². The SMILES string of the molecule is Cc1cccc(C(C)C)c1NC(=O)CCN(Cc1ccccc1)S(C)(=O)=O. The fourth-order valence-corrected chi connectivity index (χ4v) is 3.73. The van der Waals surface area contributed by atoms with Gasteiger partial charge in [-0.25, -0.2) is 8.42 Å². The Morgan fingerprint density at radius 3 is 2.33 bits per heavy atom. The van der Waals surface area contributed by atoms with Gasteiger partial charge in [-0.15, -0.1) is 0 Å². The molecule has 146 valence electrons. The highest BCUT2D eigenvalue weighted by molar-refractivity contribution is 7.88. The molecule has 27 heavy (non-hydrogen) atoms. The first kappa shape index (κ1) is 21.1. The maximum absolute atomic E-state index is 12.5. The summed E-state index contributed by atoms with van der Waals surface area (Å²) in [4.78, 5) is 12.5. The number of carbonyl (C=O) groups is 1. The Balaban J connectivity index is 2.06. The molecule has 2 aromatic carbocycles. The summed E-state index contributed by atoms with van der Waals surface area (Å²) in [5.41, 5.74) is 3.79. The third-order valence-electron chi connectivity index (χ3n) is 4.45. The second-order valence-electron chi connectivity index (χ2n) is 7.07. The highest BCUT2D eigenvalue weighted by Crippen LogP contribution is 2.27. The largest absolute Gasteiger partial charge is 0.326 e. The molecule has 0 unspecified atom stereocenters. The van der Waals surface area contributed by atoms with E-state index in [1.807, 2.05) is 55.5 Å². The number of nitrogens with zero attached hydrogens (tertiary/aromatic N) is 1. The zero-order valence-corrected chi connectivity index (χ0v) is 17.2. The first-order valence-corrected chi connectivity index (χ1v) is 10.9. The quantitative estimate of drug-likeness (QED) is 0.746. The van der Waals surface area contributed by atoms with Gasteiger partial charge in [-0.3, -0.25) is 4.79 Å². The molecule has 2 rings (SSSR count). The summed E-state index contributed by atoms with van der Waals surface area (Å²) in [5.74, 6) is 0.0960. The zero-order chi connectivity index (χ0) is 20.0. The number of nitrogens with one attached hydrogen (secondary N) is 1. The summed E-state index contributed by atoms with van der Waals surface area (Å²) in [6.07, 6.45) is 1.28. The molecule has 0 heterocycles. The van der Waals surface area contributed by atoms with E-state index in [0.717, 1.165) is 22.4 Å². The highest BCUT2D eigenvalue weighted by Gasteiger charge is 2.19. The molecule has 1 amide bonds. The third kappa shape index (κ3) is 6.19. The van der Waals surface area contributed by atoms with E-state index in [-0.39, 0.29) is 31.3 Å². The van der Waals surface area contributed by atoms with E-state index in [0.29, 0.717) is 0 Å². The topological polar surface area (TPSA) is 66.5 Å². The lowest BCUT2D eigenvalue weighted by Crippen LogP contribution is -2.32. The van der Waals surface area contributed by atoms with Gasteiger partial charge in [-0.1, -0.05) is 62.4 Å². The Bertz CT molecular complexity index is 878. The molecule has 6 heteroatoms. The first-order valence-electron chi connectivity index (χ1n) is 9.07. The monoisotopic (exact) mass is 388 g/mol. The molecule has 0 aromatic heterocycles. The van der Waals surface area contributed by atoms with Crippen LogP contribution < -0.4 is 5.32 Å². The van der Waals surface area contributed by atoms with Gasteiger partial charge in [0.25, 0.3) is 0 Å². The summed E-state index contributed by atoms with van der Waals surface area (Å²) in [6, 6.07) is 15.3. The van der Waals surface area contributed by atoms with Crippen LogP contribution in [0.2, 0.25) is 0 Å². The van der Waals surface area contributed by atoms with Crippen LogP contribution in [0.15, 0.2) is 48.5 Å². The molecule has 0 aliphatic carbocycles. The van der Waals surface area contributed by atoms with Crippen LogP contribution in [0.4, 0.5) is 5.69 Å². The molecule has 1 N–H and O–H groups in total. The number of sulfonamides is 1. The van der Waals surface area contributed by atoms with Gasteiger partial charge in [-0.2, -0.15) is 4.31 Å². The second-order valence-corrected chi connectivity index (χ2v) is 9.06. The molecule has 0 radical (unpaired) electrons. The van der Waals surface area contributed by atoms with Gasteiger partial charge in [0.2, 0.25) is 15.9 Å². The summed E-state index contributed by atoms with van der Waals surface area (Å²) in [7, 11) is -3.41. The van der Waals surface area contributed by atoms with Gasteiger partial charge in [0, 0.05) is 25.2 Å². The Hall–Kier alpha value is -2.18. The molecule has 0 saturated heterocycles. The van der Waals surface area contributed by atoms with Gasteiger partial charge in [0.05, 0.1) is 6.26 Å². The third-order valence-corrected chi connectivity index (χ3v) is 5.70. The van der Waals surface area contributed by atoms with Crippen LogP contribution in [0.3, 0.4) is 0 Å². The summed E-state index contributed by atoms with van der Waals surface area (Å²) in [6.45, 7) is 6.52. The van der Waals surface area contributed by atoms with Crippen molar-refractivity contribution in [1.29, 1.82) is 0 Å². The van der Waals surface area contributed by atoms with Crippen molar-refractivity contribution in [3.8, 4) is 0 Å². The number of hydrogen-bond acceptors (Lipinski definition) is 3. The van der Waals surface area contributed by atoms with Gasteiger partial charge in [-0.05, 0) is 29.5 Å². The number of hydrogen-bond donors (Lipinski definition) is 1. The Morgan fingerprint density at radius 1 is 1.07 bits per heavy atom. The van der Waals surface area contributed by atoms with E-state index in [2.05, 4.69) is 19.2 Å². The maximum Gasteiger partial charge on any atom is 0.225 e. The minimum atomic E-state index is -3.41. The number of aryl methyl sites for hydroxylation is 1. The summed E-state index contributed by atoms with van der Waals surface area (Å²) < 4.78 is 25.5. The first-order chi connectivity index (χ1) is 12.7. The maximum atomic E-state index is 12.5. The number of benzene rings is 2. The van der Waals surface area contributed by atoms with Crippen LogP contribution >= 0.6 is 0 Å². The fraction of sp³-hybridized carbons (Fsp3) is 0.381. The highest BCUT2D eigenvalue weighted by atomic mass is 32.2. The Morgan fingerprint density at radius 2 is 1.74 bits per heavy atom. The van der Waals surface area contributed by atoms with Crippen molar-refractivity contribution in [3.63, 3.8) is 0 Å². The normalized spacial score (nSPS) is 11.8. The lowest BCUT2D eigenvalue weighted by atomic mass is 9.98. The van der Waals surface area contributed by atoms with Crippen molar-refractivity contribution in [3.05, 3.63) is 65.2 Å². The number of carbonyl (C=O) groups excluding carboxylic acids is 1. The molecule has 0 bridgehead atoms. The van der Waals surface area contributed by atoms with E-state index in [9.17, 15) is 13.2 Å². The van der Waals surface area contributed by atoms with E-state index in [4.69, 9.17) is 0 Å². The predicted molar refractivity (Wildman–Crippen MR) is 110 cm³/mol. The van der Waals surface area contributed by atoms with E-state index in [1.54, 1.807) is 0 Å². The standard InChI is InChI=1S/C21H28N2O3S/c1-16(2)19-12-8-9-17(3)21(19)22-20(24)13-14-23(27(4,25)26)15-18-10-6-5-7-11-18/h5-12,16H,13-15H2,1-4H3,(H,22,24). The summed E-state index contributed by atoms with van der Waals surface area (Å²) in [5, 5.41) is 2.97. The van der Waals surface area contributed by atoms with E-state index < -0.39 is 10.0 Å². The van der Waals surface area contributed by atoms with Crippen molar-refractivity contribution in [1.82, 2.24) is 4.31 Å². The minimum absolute atomic E-state index is 0.103. The fourth-order valence-electron chi connectivity index (χ4n) is 2.92. The van der Waals surface area contributed by atoms with E-state index >= 15 is 0 Å². The van der Waals surface area contributed by atoms with Crippen molar-refractivity contribution < 1.29 is 13.2 Å². The minimum Gasteiger partial charge on any atom is -0.326 e. The number of para-hydroxylation sites is 1. The molecule has 0 spiro atoms. The van der Waals surface area contributed by atoms with Crippen molar-refractivity contribution in [2.24, 2.45) is 0 Å². The Kier molecular flexibility index (Phi) is 7.16. The molecule has 2 aromatic rings. The lowest BCUT2D eigenvalue weighted by molar-refractivity contribution is -0.116. The van der Waals surface area contributed by atoms with Crippen LogP contribution in [0.25, 0.3) is 0 Å². The molecule has 0 aliphatic rings. The van der Waals surface area contributed by atoms with Crippen LogP contribution in [0, 0.1) is 6.92 Å². The molecule has 0 atom stereocenters. The lowest BCUT2D eigenvalue weighted by Gasteiger charge is -2.21. The van der Waals surface area contributed by atoms with E-state index in [1.165, 1.54) is 10.6 Å². The van der Waals surface area contributed by atoms with Gasteiger partial charge >= 0.3 is 0 Å². The molecule has 0 fully saturated rings. The predicted octanol–water partition coefficient (Wildman–Crippen LogP) is 3.91. The Labute approximate surface area is 162 Å². The molecule has 0 aliphatic heterocycles. The van der Waals surface area contributed by atoms with Crippen LogP contribution in [-0.4, -0.2) is 31.4 Å². The molecular formula is C21H28N2O3S. The zero-order valence-electron chi connectivity index (χ0n) is 16.4. The number of anilines is 1. The number of amides is 1. The second kappa shape index (κ2) is 9.15. The van der Waals surface area contributed by atoms with Gasteiger partial charge in [0.1, 0.15) is 0 Å². The molecular weight excluding hydrogens is 360 g/mol. The van der Waals surface area contributed by atoms with Crippen molar-refractivity contribution in [2.45, 2.75) is 39.7 Å². The van der Waals surface area contributed by atoms with Gasteiger partial charge < -0.3 is 5.32 Å². The summed E-state index contributed by atoms with van der Waals surface area (Å²) >= 11 is 0. The smallest absolute Gasteiger partial charge is 0.225 e. The molecule has 0 saturated carbocycles. The number of rotatable bonds is 8. The molecule has 5 nitrogen and oxygen atoms in total. The van der Waals surface area contributed by atoms with Crippen molar-refractivity contribution in [2.75, 3.05) is 18.1 Å². The van der Waals surface area contributed by atoms with Gasteiger partial charge in [0.15, 0.2) is 0 Å². The van der Waals surface area contributed by atoms with Crippen LogP contribution in [-0.2, 0) is 21.4 Å². The average molecular weight is 389 g/mol.